The summed E-state index contributed by atoms with van der Waals surface area (Å²) in [5, 5.41) is 0.324. The van der Waals surface area contributed by atoms with Crippen LogP contribution in [0.25, 0.3) is 10.2 Å². The van der Waals surface area contributed by atoms with Crippen molar-refractivity contribution in [3.63, 3.8) is 0 Å². The smallest absolute Gasteiger partial charge is 0.224 e. The van der Waals surface area contributed by atoms with Crippen molar-refractivity contribution in [1.29, 1.82) is 0 Å². The lowest BCUT2D eigenvalue weighted by atomic mass is 10.1. The van der Waals surface area contributed by atoms with Gasteiger partial charge in [0.25, 0.3) is 0 Å². The fraction of sp³-hybridized carbons (Fsp3) is 0.667. The summed E-state index contributed by atoms with van der Waals surface area (Å²) in [7, 11) is 0. The monoisotopic (exact) mass is 409 g/mol. The van der Waals surface area contributed by atoms with Crippen molar-refractivity contribution in [3.05, 3.63) is 16.2 Å². The molecule has 0 unspecified atom stereocenters. The van der Waals surface area contributed by atoms with Crippen LogP contribution >= 0.6 is 22.9 Å². The Labute approximate surface area is 167 Å². The molecule has 146 valence electrons. The molecule has 0 atom stereocenters. The fourth-order valence-electron chi connectivity index (χ4n) is 4.07. The van der Waals surface area contributed by atoms with Crippen molar-refractivity contribution >= 4 is 39.0 Å². The molecule has 0 N–H and O–H groups in total. The summed E-state index contributed by atoms with van der Waals surface area (Å²) in [4.78, 5) is 17.6. The first-order valence-corrected chi connectivity index (χ1v) is 10.8. The average molecular weight is 410 g/mol. The molecule has 0 aromatic carbocycles. The van der Waals surface area contributed by atoms with Gasteiger partial charge in [0.05, 0.1) is 36.6 Å². The molecule has 0 spiro atoms. The van der Waals surface area contributed by atoms with Crippen LogP contribution in [0.1, 0.15) is 4.88 Å². The number of hydrogen-bond donors (Lipinski definition) is 0. The van der Waals surface area contributed by atoms with Gasteiger partial charge in [-0.1, -0.05) is 0 Å². The normalized spacial score (nSPS) is 23.1. The molecule has 27 heavy (non-hydrogen) atoms. The van der Waals surface area contributed by atoms with E-state index in [-0.39, 0.29) is 0 Å². The maximum atomic E-state index is 6.20. The Kier molecular flexibility index (Phi) is 5.19. The minimum Gasteiger partial charge on any atom is -0.379 e. The lowest BCUT2D eigenvalue weighted by Crippen LogP contribution is -2.60. The third-order valence-corrected chi connectivity index (χ3v) is 6.84. The average Bonchev–Trinajstić information content (AvgIpc) is 3.07. The van der Waals surface area contributed by atoms with Gasteiger partial charge in [0.1, 0.15) is 0 Å². The number of nitrogens with zero attached hydrogens (tertiary/aromatic N) is 5. The topological polar surface area (TPSA) is 54.0 Å². The van der Waals surface area contributed by atoms with Crippen molar-refractivity contribution in [2.45, 2.75) is 12.6 Å². The Morgan fingerprint density at radius 2 is 1.74 bits per heavy atom. The lowest BCUT2D eigenvalue weighted by Gasteiger charge is -2.46. The van der Waals surface area contributed by atoms with Crippen LogP contribution in [0.5, 0.6) is 0 Å². The molecular formula is C18H24ClN5O2S. The van der Waals surface area contributed by atoms with Gasteiger partial charge in [0.15, 0.2) is 5.82 Å². The zero-order valence-corrected chi connectivity index (χ0v) is 16.8. The van der Waals surface area contributed by atoms with Gasteiger partial charge in [-0.25, -0.2) is 4.98 Å². The van der Waals surface area contributed by atoms with Crippen molar-refractivity contribution < 1.29 is 9.47 Å². The summed E-state index contributed by atoms with van der Waals surface area (Å²) in [6.07, 6.45) is 0. The van der Waals surface area contributed by atoms with Crippen LogP contribution in [0.3, 0.4) is 0 Å². The number of halogens is 1. The summed E-state index contributed by atoms with van der Waals surface area (Å²) in [5.74, 6) is 0.958. The van der Waals surface area contributed by atoms with E-state index in [0.29, 0.717) is 11.3 Å². The Morgan fingerprint density at radius 1 is 1.04 bits per heavy atom. The zero-order chi connectivity index (χ0) is 18.2. The molecule has 7 nitrogen and oxygen atoms in total. The lowest BCUT2D eigenvalue weighted by molar-refractivity contribution is -0.0341. The van der Waals surface area contributed by atoms with Gasteiger partial charge < -0.3 is 14.4 Å². The molecule has 3 aliphatic heterocycles. The highest BCUT2D eigenvalue weighted by molar-refractivity contribution is 7.19. The van der Waals surface area contributed by atoms with E-state index in [2.05, 4.69) is 30.7 Å². The third-order valence-electron chi connectivity index (χ3n) is 5.57. The van der Waals surface area contributed by atoms with E-state index in [4.69, 9.17) is 21.1 Å². The number of morpholine rings is 2. The van der Waals surface area contributed by atoms with Gasteiger partial charge in [-0.3, -0.25) is 9.80 Å². The predicted octanol–water partition coefficient (Wildman–Crippen LogP) is 1.70. The SMILES string of the molecule is Clc1nc(N2CCOCC2)c2sc(CN3CC(N4CCOCC4)C3)cc2n1. The first-order valence-electron chi connectivity index (χ1n) is 9.59. The van der Waals surface area contributed by atoms with Gasteiger partial charge in [-0.2, -0.15) is 4.98 Å². The third kappa shape index (κ3) is 3.79. The maximum absolute atomic E-state index is 6.20. The van der Waals surface area contributed by atoms with Crippen molar-refractivity contribution in [3.8, 4) is 0 Å². The van der Waals surface area contributed by atoms with Gasteiger partial charge in [0.2, 0.25) is 5.28 Å². The number of likely N-dealkylation sites (tertiary alicyclic amines) is 1. The van der Waals surface area contributed by atoms with Crippen molar-refractivity contribution in [2.24, 2.45) is 0 Å². The Bertz CT molecular complexity index is 800. The van der Waals surface area contributed by atoms with Crippen LogP contribution in [0.4, 0.5) is 5.82 Å². The second-order valence-electron chi connectivity index (χ2n) is 7.34. The summed E-state index contributed by atoms with van der Waals surface area (Å²) in [6.45, 7) is 10.3. The fourth-order valence-corrected chi connectivity index (χ4v) is 5.40. The first kappa shape index (κ1) is 18.0. The second kappa shape index (κ2) is 7.77. The number of ether oxygens (including phenoxy) is 2. The summed E-state index contributed by atoms with van der Waals surface area (Å²) in [6, 6.07) is 2.86. The molecule has 0 aliphatic carbocycles. The van der Waals surface area contributed by atoms with Crippen LogP contribution in [0.2, 0.25) is 5.28 Å². The van der Waals surface area contributed by atoms with Crippen LogP contribution < -0.4 is 4.90 Å². The van der Waals surface area contributed by atoms with Crippen molar-refractivity contribution in [1.82, 2.24) is 19.8 Å². The molecule has 0 amide bonds. The minimum atomic E-state index is 0.324. The van der Waals surface area contributed by atoms with Crippen LogP contribution in [-0.2, 0) is 16.0 Å². The van der Waals surface area contributed by atoms with E-state index >= 15 is 0 Å². The Balaban J connectivity index is 1.29. The van der Waals surface area contributed by atoms with E-state index in [1.54, 1.807) is 11.3 Å². The number of rotatable bonds is 4. The number of fused-ring (bicyclic) bond motifs is 1. The van der Waals surface area contributed by atoms with Crippen molar-refractivity contribution in [2.75, 3.05) is 70.6 Å². The van der Waals surface area contributed by atoms with E-state index in [9.17, 15) is 0 Å². The molecule has 0 saturated carbocycles. The molecule has 0 radical (unpaired) electrons. The Morgan fingerprint density at radius 3 is 2.48 bits per heavy atom. The molecule has 5 heterocycles. The first-order chi connectivity index (χ1) is 13.3. The number of aromatic nitrogens is 2. The standard InChI is InChI=1S/C18H24ClN5O2S/c19-18-20-15-9-14(12-22-10-13(11-22)23-1-5-25-6-2-23)27-16(15)17(21-18)24-3-7-26-8-4-24/h9,13H,1-8,10-12H2. The largest absolute Gasteiger partial charge is 0.379 e. The molecule has 3 aliphatic rings. The highest BCUT2D eigenvalue weighted by atomic mass is 35.5. The molecular weight excluding hydrogens is 386 g/mol. The second-order valence-corrected chi connectivity index (χ2v) is 8.81. The van der Waals surface area contributed by atoms with E-state index in [1.165, 1.54) is 4.88 Å². The van der Waals surface area contributed by atoms with Gasteiger partial charge >= 0.3 is 0 Å². The molecule has 3 saturated heterocycles. The van der Waals surface area contributed by atoms with E-state index < -0.39 is 0 Å². The highest BCUT2D eigenvalue weighted by Crippen LogP contribution is 2.34. The van der Waals surface area contributed by atoms with Crippen LogP contribution in [0, 0.1) is 0 Å². The highest BCUT2D eigenvalue weighted by Gasteiger charge is 2.32. The molecule has 3 fully saturated rings. The van der Waals surface area contributed by atoms with Gasteiger partial charge in [0, 0.05) is 56.7 Å². The molecule has 2 aromatic heterocycles. The summed E-state index contributed by atoms with van der Waals surface area (Å²) in [5.41, 5.74) is 0.960. The zero-order valence-electron chi connectivity index (χ0n) is 15.3. The molecule has 9 heteroatoms. The van der Waals surface area contributed by atoms with E-state index in [1.807, 2.05) is 0 Å². The quantitative estimate of drug-likeness (QED) is 0.712. The van der Waals surface area contributed by atoms with Crippen LogP contribution in [-0.4, -0.2) is 91.5 Å². The Hall–Kier alpha value is -1.03. The molecule has 5 rings (SSSR count). The van der Waals surface area contributed by atoms with Crippen LogP contribution in [0.15, 0.2) is 6.07 Å². The molecule has 2 aromatic rings. The summed E-state index contributed by atoms with van der Waals surface area (Å²) >= 11 is 8.00. The number of hydrogen-bond acceptors (Lipinski definition) is 8. The van der Waals surface area contributed by atoms with E-state index in [0.717, 1.165) is 88.3 Å². The number of thiophene rings is 1. The van der Waals surface area contributed by atoms with Gasteiger partial charge in [-0.05, 0) is 17.7 Å². The van der Waals surface area contributed by atoms with Gasteiger partial charge in [-0.15, -0.1) is 11.3 Å². The maximum Gasteiger partial charge on any atom is 0.224 e. The predicted molar refractivity (Wildman–Crippen MR) is 107 cm³/mol. The number of anilines is 1. The molecule has 0 bridgehead atoms. The summed E-state index contributed by atoms with van der Waals surface area (Å²) < 4.78 is 12.1. The minimum absolute atomic E-state index is 0.324.